The summed E-state index contributed by atoms with van der Waals surface area (Å²) in [6, 6.07) is 13.3. The van der Waals surface area contributed by atoms with Crippen LogP contribution >= 0.6 is 0 Å². The van der Waals surface area contributed by atoms with E-state index in [4.69, 9.17) is 13.1 Å². The van der Waals surface area contributed by atoms with E-state index in [2.05, 4.69) is 5.32 Å². The van der Waals surface area contributed by atoms with Crippen molar-refractivity contribution in [1.82, 2.24) is 10.2 Å². The fraction of sp³-hybridized carbons (Fsp3) is 0.552. The van der Waals surface area contributed by atoms with Crippen LogP contribution in [0.15, 0.2) is 58.3 Å². The number of benzene rings is 2. The van der Waals surface area contributed by atoms with Crippen molar-refractivity contribution in [1.29, 1.82) is 0 Å². The monoisotopic (exact) mass is 610 g/mol. The molecule has 2 aromatic rings. The second-order valence-corrected chi connectivity index (χ2v) is 14.5. The molecule has 2 heterocycles. The highest BCUT2D eigenvalue weighted by atomic mass is 32.2. The summed E-state index contributed by atoms with van der Waals surface area (Å²) >= 11 is 0. The Hall–Kier alpha value is -2.51. The maximum atomic E-state index is 12.3. The summed E-state index contributed by atoms with van der Waals surface area (Å²) in [7, 11) is -7.38. The lowest BCUT2D eigenvalue weighted by Crippen LogP contribution is -2.43. The van der Waals surface area contributed by atoms with E-state index >= 15 is 0 Å². The van der Waals surface area contributed by atoms with E-state index < -0.39 is 31.9 Å². The molecule has 0 unspecified atom stereocenters. The van der Waals surface area contributed by atoms with Gasteiger partial charge in [0.15, 0.2) is 0 Å². The Morgan fingerprint density at radius 1 is 0.732 bits per heavy atom. The first-order valence-electron chi connectivity index (χ1n) is 13.8. The number of likely N-dealkylation sites (tertiary alicyclic amines) is 1. The molecular formula is C29H42N2O8S2. The largest absolute Gasteiger partial charge is 0.444 e. The van der Waals surface area contributed by atoms with Crippen LogP contribution in [0, 0.1) is 13.8 Å². The van der Waals surface area contributed by atoms with Crippen molar-refractivity contribution >= 4 is 26.3 Å². The summed E-state index contributed by atoms with van der Waals surface area (Å²) in [5, 5.41) is 3.17. The molecular weight excluding hydrogens is 568 g/mol. The molecule has 0 aliphatic carbocycles. The Morgan fingerprint density at radius 3 is 1.51 bits per heavy atom. The van der Waals surface area contributed by atoms with Crippen LogP contribution in [0.5, 0.6) is 0 Å². The molecule has 0 atom stereocenters. The molecule has 1 N–H and O–H groups in total. The molecule has 2 aliphatic rings. The van der Waals surface area contributed by atoms with Crippen molar-refractivity contribution < 1.29 is 34.7 Å². The third-order valence-electron chi connectivity index (χ3n) is 6.52. The second kappa shape index (κ2) is 14.1. The Bertz CT molecular complexity index is 1340. The summed E-state index contributed by atoms with van der Waals surface area (Å²) in [6.07, 6.45) is 1.42. The molecule has 0 spiro atoms. The van der Waals surface area contributed by atoms with Crippen LogP contribution < -0.4 is 5.32 Å². The van der Waals surface area contributed by atoms with Crippen molar-refractivity contribution in [2.45, 2.75) is 87.9 Å². The maximum absolute atomic E-state index is 12.3. The SMILES string of the molecule is Cc1ccc(S(=O)(=O)OC2CCN(C(=O)OC(C)(C)C)CC2)cc1.Cc1ccc(S(=O)(=O)OC2CCNCC2)cc1. The third kappa shape index (κ3) is 10.7. The number of aryl methyl sites for hydroxylation is 2. The van der Waals surface area contributed by atoms with Crippen LogP contribution in [0.3, 0.4) is 0 Å². The smallest absolute Gasteiger partial charge is 0.410 e. The number of piperidine rings is 2. The molecule has 0 bridgehead atoms. The number of hydrogen-bond acceptors (Lipinski definition) is 9. The highest BCUT2D eigenvalue weighted by molar-refractivity contribution is 7.87. The van der Waals surface area contributed by atoms with Gasteiger partial charge in [0.1, 0.15) is 5.60 Å². The predicted molar refractivity (Wildman–Crippen MR) is 156 cm³/mol. The lowest BCUT2D eigenvalue weighted by Gasteiger charge is -2.33. The van der Waals surface area contributed by atoms with Crippen molar-refractivity contribution in [3.8, 4) is 0 Å². The summed E-state index contributed by atoms with van der Waals surface area (Å²) in [5.74, 6) is 0. The number of amides is 1. The van der Waals surface area contributed by atoms with Gasteiger partial charge >= 0.3 is 6.09 Å². The molecule has 10 nitrogen and oxygen atoms in total. The minimum Gasteiger partial charge on any atom is -0.444 e. The minimum absolute atomic E-state index is 0.155. The lowest BCUT2D eigenvalue weighted by molar-refractivity contribution is 0.0133. The summed E-state index contributed by atoms with van der Waals surface area (Å²) in [6.45, 7) is 11.7. The fourth-order valence-corrected chi connectivity index (χ4v) is 6.49. The molecule has 228 valence electrons. The van der Waals surface area contributed by atoms with Crippen LogP contribution in [-0.4, -0.2) is 71.8 Å². The van der Waals surface area contributed by atoms with Crippen LogP contribution in [0.2, 0.25) is 0 Å². The summed E-state index contributed by atoms with van der Waals surface area (Å²) < 4.78 is 64.4. The third-order valence-corrected chi connectivity index (χ3v) is 9.27. The predicted octanol–water partition coefficient (Wildman–Crippen LogP) is 4.55. The number of carbonyl (C=O) groups excluding carboxylic acids is 1. The maximum Gasteiger partial charge on any atom is 0.410 e. The van der Waals surface area contributed by atoms with Gasteiger partial charge in [-0.2, -0.15) is 16.8 Å². The van der Waals surface area contributed by atoms with Crippen molar-refractivity contribution in [2.75, 3.05) is 26.2 Å². The van der Waals surface area contributed by atoms with Crippen LogP contribution in [-0.2, 0) is 33.3 Å². The van der Waals surface area contributed by atoms with Gasteiger partial charge in [0.05, 0.1) is 22.0 Å². The van der Waals surface area contributed by atoms with E-state index in [9.17, 15) is 21.6 Å². The van der Waals surface area contributed by atoms with Crippen LogP contribution in [0.25, 0.3) is 0 Å². The molecule has 0 radical (unpaired) electrons. The zero-order chi connectivity index (χ0) is 30.3. The molecule has 2 saturated heterocycles. The Labute approximate surface area is 244 Å². The van der Waals surface area contributed by atoms with E-state index in [0.717, 1.165) is 37.1 Å². The minimum atomic E-state index is -3.78. The first kappa shape index (κ1) is 33.0. The second-order valence-electron chi connectivity index (χ2n) is 11.3. The Morgan fingerprint density at radius 2 is 1.12 bits per heavy atom. The molecule has 2 fully saturated rings. The van der Waals surface area contributed by atoms with E-state index in [0.29, 0.717) is 25.9 Å². The summed E-state index contributed by atoms with van der Waals surface area (Å²) in [5.41, 5.74) is 1.48. The highest BCUT2D eigenvalue weighted by Gasteiger charge is 2.30. The molecule has 41 heavy (non-hydrogen) atoms. The molecule has 4 rings (SSSR count). The van der Waals surface area contributed by atoms with E-state index in [1.807, 2.05) is 34.6 Å². The Balaban J connectivity index is 0.000000239. The van der Waals surface area contributed by atoms with Gasteiger partial charge in [0, 0.05) is 13.1 Å². The first-order chi connectivity index (χ1) is 19.1. The van der Waals surface area contributed by atoms with Gasteiger partial charge in [-0.1, -0.05) is 35.4 Å². The molecule has 0 aromatic heterocycles. The van der Waals surface area contributed by atoms with Crippen LogP contribution in [0.1, 0.15) is 57.6 Å². The topological polar surface area (TPSA) is 128 Å². The standard InChI is InChI=1S/C17H25NO5S.C12H17NO3S/c1-13-5-7-15(8-6-13)24(20,21)23-14-9-11-18(12-10-14)16(19)22-17(2,3)4;1-10-2-4-12(5-3-10)17(14,15)16-11-6-8-13-9-7-11/h5-8,14H,9-12H2,1-4H3;2-5,11,13H,6-9H2,1H3. The zero-order valence-corrected chi connectivity index (χ0v) is 26.1. The number of nitrogens with one attached hydrogen (secondary N) is 1. The number of rotatable bonds is 6. The van der Waals surface area contributed by atoms with Crippen molar-refractivity contribution in [3.63, 3.8) is 0 Å². The molecule has 12 heteroatoms. The average Bonchev–Trinajstić information content (AvgIpc) is 2.89. The highest BCUT2D eigenvalue weighted by Crippen LogP contribution is 2.22. The number of nitrogens with zero attached hydrogens (tertiary/aromatic N) is 1. The van der Waals surface area contributed by atoms with E-state index in [1.54, 1.807) is 53.4 Å². The van der Waals surface area contributed by atoms with Gasteiger partial charge in [-0.25, -0.2) is 4.79 Å². The van der Waals surface area contributed by atoms with Gasteiger partial charge < -0.3 is 15.0 Å². The van der Waals surface area contributed by atoms with Crippen LogP contribution in [0.4, 0.5) is 4.79 Å². The van der Waals surface area contributed by atoms with E-state index in [-0.39, 0.29) is 22.0 Å². The van der Waals surface area contributed by atoms with Gasteiger partial charge in [-0.05, 0) is 97.7 Å². The summed E-state index contributed by atoms with van der Waals surface area (Å²) in [4.78, 5) is 14.0. The van der Waals surface area contributed by atoms with E-state index in [1.165, 1.54) is 0 Å². The number of ether oxygens (including phenoxy) is 1. The molecule has 1 amide bonds. The van der Waals surface area contributed by atoms with Gasteiger partial charge in [-0.15, -0.1) is 0 Å². The van der Waals surface area contributed by atoms with Crippen molar-refractivity contribution in [2.24, 2.45) is 0 Å². The average molecular weight is 611 g/mol. The van der Waals surface area contributed by atoms with Crippen molar-refractivity contribution in [3.05, 3.63) is 59.7 Å². The Kier molecular flexibility index (Phi) is 11.4. The molecule has 2 aliphatic heterocycles. The normalized spacial score (nSPS) is 17.4. The zero-order valence-electron chi connectivity index (χ0n) is 24.5. The quantitative estimate of drug-likeness (QED) is 0.469. The van der Waals surface area contributed by atoms with Gasteiger partial charge in [0.2, 0.25) is 0 Å². The first-order valence-corrected chi connectivity index (χ1v) is 16.6. The fourth-order valence-electron chi connectivity index (χ4n) is 4.23. The number of carbonyl (C=O) groups is 1. The lowest BCUT2D eigenvalue weighted by atomic mass is 10.1. The molecule has 2 aromatic carbocycles. The van der Waals surface area contributed by atoms with Gasteiger partial charge in [-0.3, -0.25) is 8.37 Å². The van der Waals surface area contributed by atoms with Gasteiger partial charge in [0.25, 0.3) is 20.2 Å². The molecule has 0 saturated carbocycles. The number of hydrogen-bond donors (Lipinski definition) is 1.